The van der Waals surface area contributed by atoms with Gasteiger partial charge in [-0.15, -0.1) is 0 Å². The van der Waals surface area contributed by atoms with Crippen LogP contribution < -0.4 is 10.4 Å². The van der Waals surface area contributed by atoms with Gasteiger partial charge < -0.3 is 18.6 Å². The molecule has 1 saturated heterocycles. The zero-order chi connectivity index (χ0) is 20.9. The normalized spacial score (nSPS) is 16.0. The predicted molar refractivity (Wildman–Crippen MR) is 112 cm³/mol. The second kappa shape index (κ2) is 9.13. The lowest BCUT2D eigenvalue weighted by Gasteiger charge is -2.12. The van der Waals surface area contributed by atoms with E-state index in [1.807, 2.05) is 25.1 Å². The highest BCUT2D eigenvalue weighted by atomic mass is 16.5. The zero-order valence-corrected chi connectivity index (χ0v) is 16.9. The van der Waals surface area contributed by atoms with E-state index >= 15 is 0 Å². The van der Waals surface area contributed by atoms with Crippen LogP contribution in [0.4, 0.5) is 0 Å². The Morgan fingerprint density at radius 2 is 1.97 bits per heavy atom. The molecular formula is C24H24O6. The SMILES string of the molecule is CCc1ccc2c(COC(=O)c3ccc(OC[C@@H]4CCCO4)cc3)cc(=O)oc2c1. The Balaban J connectivity index is 1.40. The van der Waals surface area contributed by atoms with Crippen molar-refractivity contribution in [2.75, 3.05) is 13.2 Å². The molecule has 6 heteroatoms. The topological polar surface area (TPSA) is 75.0 Å². The number of carbonyl (C=O) groups is 1. The van der Waals surface area contributed by atoms with Crippen molar-refractivity contribution >= 4 is 16.9 Å². The van der Waals surface area contributed by atoms with Crippen molar-refractivity contribution in [2.45, 2.75) is 38.9 Å². The van der Waals surface area contributed by atoms with E-state index in [1.54, 1.807) is 24.3 Å². The van der Waals surface area contributed by atoms with E-state index in [1.165, 1.54) is 6.07 Å². The lowest BCUT2D eigenvalue weighted by Crippen LogP contribution is -2.16. The van der Waals surface area contributed by atoms with Crippen molar-refractivity contribution in [3.8, 4) is 5.75 Å². The molecule has 0 bridgehead atoms. The maximum atomic E-state index is 12.4. The van der Waals surface area contributed by atoms with Crippen LogP contribution in [0.25, 0.3) is 11.0 Å². The monoisotopic (exact) mass is 408 g/mol. The molecule has 4 rings (SSSR count). The van der Waals surface area contributed by atoms with Gasteiger partial charge in [0.2, 0.25) is 0 Å². The molecule has 0 spiro atoms. The van der Waals surface area contributed by atoms with Crippen molar-refractivity contribution < 1.29 is 23.4 Å². The molecule has 0 radical (unpaired) electrons. The highest BCUT2D eigenvalue weighted by Crippen LogP contribution is 2.21. The molecule has 156 valence electrons. The van der Waals surface area contributed by atoms with Gasteiger partial charge in [0.25, 0.3) is 0 Å². The van der Waals surface area contributed by atoms with Gasteiger partial charge in [0.15, 0.2) is 0 Å². The fourth-order valence-corrected chi connectivity index (χ4v) is 3.49. The summed E-state index contributed by atoms with van der Waals surface area (Å²) in [5, 5.41) is 0.762. The molecule has 0 saturated carbocycles. The van der Waals surface area contributed by atoms with E-state index in [0.29, 0.717) is 29.1 Å². The van der Waals surface area contributed by atoms with Gasteiger partial charge in [0, 0.05) is 23.6 Å². The maximum absolute atomic E-state index is 12.4. The molecule has 0 aliphatic carbocycles. The molecule has 1 aromatic heterocycles. The first-order valence-electron chi connectivity index (χ1n) is 10.2. The lowest BCUT2D eigenvalue weighted by molar-refractivity contribution is 0.0473. The largest absolute Gasteiger partial charge is 0.491 e. The average molecular weight is 408 g/mol. The van der Waals surface area contributed by atoms with E-state index in [4.69, 9.17) is 18.6 Å². The molecule has 2 aromatic carbocycles. The summed E-state index contributed by atoms with van der Waals surface area (Å²) in [6, 6.07) is 13.9. The molecule has 2 heterocycles. The predicted octanol–water partition coefficient (Wildman–Crippen LogP) is 4.27. The third kappa shape index (κ3) is 4.71. The van der Waals surface area contributed by atoms with Crippen LogP contribution in [0.3, 0.4) is 0 Å². The molecular weight excluding hydrogens is 384 g/mol. The summed E-state index contributed by atoms with van der Waals surface area (Å²) >= 11 is 0. The molecule has 3 aromatic rings. The molecule has 6 nitrogen and oxygen atoms in total. The highest BCUT2D eigenvalue weighted by Gasteiger charge is 2.16. The van der Waals surface area contributed by atoms with Crippen LogP contribution in [0.1, 0.15) is 41.3 Å². The number of ether oxygens (including phenoxy) is 3. The Morgan fingerprint density at radius 3 is 2.70 bits per heavy atom. The minimum Gasteiger partial charge on any atom is -0.491 e. The van der Waals surface area contributed by atoms with Crippen LogP contribution in [0.2, 0.25) is 0 Å². The van der Waals surface area contributed by atoms with Gasteiger partial charge in [-0.1, -0.05) is 19.1 Å². The minimum absolute atomic E-state index is 0.0102. The van der Waals surface area contributed by atoms with Gasteiger partial charge in [0.1, 0.15) is 24.5 Å². The number of esters is 1. The molecule has 0 N–H and O–H groups in total. The molecule has 0 amide bonds. The van der Waals surface area contributed by atoms with E-state index in [9.17, 15) is 9.59 Å². The second-order valence-corrected chi connectivity index (χ2v) is 7.32. The van der Waals surface area contributed by atoms with Crippen LogP contribution in [-0.2, 0) is 22.5 Å². The minimum atomic E-state index is -0.466. The van der Waals surface area contributed by atoms with E-state index in [-0.39, 0.29) is 12.7 Å². The summed E-state index contributed by atoms with van der Waals surface area (Å²) in [5.41, 5.74) is 2.14. The molecule has 1 atom stereocenters. The average Bonchev–Trinajstić information content (AvgIpc) is 3.29. The number of fused-ring (bicyclic) bond motifs is 1. The molecule has 0 unspecified atom stereocenters. The smallest absolute Gasteiger partial charge is 0.338 e. The van der Waals surface area contributed by atoms with E-state index < -0.39 is 11.6 Å². The third-order valence-electron chi connectivity index (χ3n) is 5.21. The van der Waals surface area contributed by atoms with Crippen molar-refractivity contribution in [3.63, 3.8) is 0 Å². The van der Waals surface area contributed by atoms with Gasteiger partial charge in [-0.3, -0.25) is 0 Å². The van der Waals surface area contributed by atoms with Crippen LogP contribution in [0.5, 0.6) is 5.75 Å². The number of carbonyl (C=O) groups excluding carboxylic acids is 1. The number of benzene rings is 2. The van der Waals surface area contributed by atoms with Crippen molar-refractivity contribution in [3.05, 3.63) is 75.6 Å². The maximum Gasteiger partial charge on any atom is 0.338 e. The van der Waals surface area contributed by atoms with Crippen molar-refractivity contribution in [2.24, 2.45) is 0 Å². The zero-order valence-electron chi connectivity index (χ0n) is 16.9. The fourth-order valence-electron chi connectivity index (χ4n) is 3.49. The first-order valence-corrected chi connectivity index (χ1v) is 10.2. The summed E-state index contributed by atoms with van der Waals surface area (Å²) in [7, 11) is 0. The van der Waals surface area contributed by atoms with Crippen LogP contribution in [0.15, 0.2) is 57.7 Å². The molecule has 1 aliphatic heterocycles. The number of hydrogen-bond donors (Lipinski definition) is 0. The number of rotatable bonds is 7. The Hall–Kier alpha value is -3.12. The summed E-state index contributed by atoms with van der Waals surface area (Å²) in [4.78, 5) is 24.3. The first-order chi connectivity index (χ1) is 14.6. The van der Waals surface area contributed by atoms with Crippen molar-refractivity contribution in [1.82, 2.24) is 0 Å². The Morgan fingerprint density at radius 1 is 1.13 bits per heavy atom. The number of aryl methyl sites for hydroxylation is 1. The van der Waals surface area contributed by atoms with E-state index in [2.05, 4.69) is 0 Å². The fraction of sp³-hybridized carbons (Fsp3) is 0.333. The third-order valence-corrected chi connectivity index (χ3v) is 5.21. The Kier molecular flexibility index (Phi) is 6.14. The highest BCUT2D eigenvalue weighted by molar-refractivity contribution is 5.89. The number of hydrogen-bond acceptors (Lipinski definition) is 6. The Bertz CT molecular complexity index is 1080. The van der Waals surface area contributed by atoms with Gasteiger partial charge in [-0.05, 0) is 55.2 Å². The summed E-state index contributed by atoms with van der Waals surface area (Å²) < 4.78 is 22.0. The summed E-state index contributed by atoms with van der Waals surface area (Å²) in [6.45, 7) is 3.32. The Labute approximate surface area is 174 Å². The lowest BCUT2D eigenvalue weighted by atomic mass is 10.1. The first kappa shape index (κ1) is 20.2. The van der Waals surface area contributed by atoms with Crippen LogP contribution >= 0.6 is 0 Å². The second-order valence-electron chi connectivity index (χ2n) is 7.32. The van der Waals surface area contributed by atoms with Gasteiger partial charge in [-0.2, -0.15) is 0 Å². The molecule has 1 aliphatic rings. The summed E-state index contributed by atoms with van der Waals surface area (Å²) in [6.07, 6.45) is 3.06. The van der Waals surface area contributed by atoms with Gasteiger partial charge in [-0.25, -0.2) is 9.59 Å². The molecule has 30 heavy (non-hydrogen) atoms. The van der Waals surface area contributed by atoms with E-state index in [0.717, 1.165) is 36.8 Å². The summed E-state index contributed by atoms with van der Waals surface area (Å²) in [5.74, 6) is 0.215. The van der Waals surface area contributed by atoms with Crippen LogP contribution in [-0.4, -0.2) is 25.3 Å². The van der Waals surface area contributed by atoms with Gasteiger partial charge in [0.05, 0.1) is 11.7 Å². The van der Waals surface area contributed by atoms with Crippen molar-refractivity contribution in [1.29, 1.82) is 0 Å². The quantitative estimate of drug-likeness (QED) is 0.429. The van der Waals surface area contributed by atoms with Gasteiger partial charge >= 0.3 is 11.6 Å². The molecule has 1 fully saturated rings. The standard InChI is InChI=1S/C24H24O6/c1-2-16-5-10-21-18(13-23(25)30-22(21)12-16)14-29-24(26)17-6-8-19(9-7-17)28-15-20-4-3-11-27-20/h5-10,12-13,20H,2-4,11,14-15H2,1H3/t20-/m0/s1. The van der Waals surface area contributed by atoms with Crippen LogP contribution in [0, 0.1) is 0 Å².